The third-order valence-corrected chi connectivity index (χ3v) is 5.86. The summed E-state index contributed by atoms with van der Waals surface area (Å²) in [4.78, 5) is 12.9. The van der Waals surface area contributed by atoms with Crippen molar-refractivity contribution in [1.29, 1.82) is 0 Å². The SMILES string of the molecule is O=c1c2ccc3ccccc3c2oc2c(I)c(O)c(I)c(O)c12. The zero-order valence-electron chi connectivity index (χ0n) is 11.4. The molecule has 1 aromatic heterocycles. The van der Waals surface area contributed by atoms with Crippen LogP contribution in [0.15, 0.2) is 45.6 Å². The normalized spacial score (nSPS) is 11.6. The smallest absolute Gasteiger partial charge is 0.204 e. The van der Waals surface area contributed by atoms with Gasteiger partial charge in [-0.05, 0) is 56.6 Å². The molecule has 0 aliphatic rings. The summed E-state index contributed by atoms with van der Waals surface area (Å²) in [5.41, 5.74) is 0.355. The van der Waals surface area contributed by atoms with E-state index in [1.165, 1.54) is 0 Å². The van der Waals surface area contributed by atoms with Crippen LogP contribution in [0, 0.1) is 7.14 Å². The van der Waals surface area contributed by atoms with Crippen molar-refractivity contribution in [3.8, 4) is 11.5 Å². The van der Waals surface area contributed by atoms with Gasteiger partial charge in [0.15, 0.2) is 5.58 Å². The highest BCUT2D eigenvalue weighted by molar-refractivity contribution is 14.1. The van der Waals surface area contributed by atoms with E-state index >= 15 is 0 Å². The third kappa shape index (κ3) is 2.04. The summed E-state index contributed by atoms with van der Waals surface area (Å²) in [6.45, 7) is 0. The molecule has 6 heteroatoms. The van der Waals surface area contributed by atoms with Gasteiger partial charge in [0.05, 0.1) is 12.5 Å². The molecule has 0 saturated heterocycles. The third-order valence-electron chi connectivity index (χ3n) is 3.84. The molecule has 0 aliphatic heterocycles. The van der Waals surface area contributed by atoms with Gasteiger partial charge in [0.1, 0.15) is 22.5 Å². The number of halogens is 2. The maximum Gasteiger partial charge on any atom is 0.204 e. The first-order valence-electron chi connectivity index (χ1n) is 6.68. The molecule has 3 aromatic carbocycles. The highest BCUT2D eigenvalue weighted by Crippen LogP contribution is 2.41. The van der Waals surface area contributed by atoms with E-state index in [4.69, 9.17) is 4.42 Å². The van der Waals surface area contributed by atoms with E-state index in [1.54, 1.807) is 6.07 Å². The highest BCUT2D eigenvalue weighted by Gasteiger charge is 2.22. The number of aromatic hydroxyl groups is 2. The van der Waals surface area contributed by atoms with Gasteiger partial charge in [0, 0.05) is 5.39 Å². The van der Waals surface area contributed by atoms with Crippen molar-refractivity contribution >= 4 is 77.9 Å². The largest absolute Gasteiger partial charge is 0.506 e. The molecule has 0 amide bonds. The molecule has 0 aliphatic carbocycles. The number of benzene rings is 3. The Balaban J connectivity index is 2.37. The van der Waals surface area contributed by atoms with Crippen LogP contribution in [-0.4, -0.2) is 10.2 Å². The maximum absolute atomic E-state index is 12.9. The fourth-order valence-electron chi connectivity index (χ4n) is 2.72. The van der Waals surface area contributed by atoms with Gasteiger partial charge >= 0.3 is 0 Å². The first kappa shape index (κ1) is 15.0. The first-order chi connectivity index (χ1) is 11.0. The van der Waals surface area contributed by atoms with E-state index in [0.29, 0.717) is 14.5 Å². The number of hydrogen-bond acceptors (Lipinski definition) is 4. The Morgan fingerprint density at radius 1 is 0.826 bits per heavy atom. The molecule has 4 nitrogen and oxygen atoms in total. The fraction of sp³-hybridized carbons (Fsp3) is 0. The lowest BCUT2D eigenvalue weighted by Crippen LogP contribution is -2.04. The quantitative estimate of drug-likeness (QED) is 0.196. The average Bonchev–Trinajstić information content (AvgIpc) is 2.57. The fourth-order valence-corrected chi connectivity index (χ4v) is 4.42. The van der Waals surface area contributed by atoms with Gasteiger partial charge in [-0.1, -0.05) is 30.3 Å². The Bertz CT molecular complexity index is 1180. The van der Waals surface area contributed by atoms with Crippen LogP contribution >= 0.6 is 45.2 Å². The van der Waals surface area contributed by atoms with E-state index in [-0.39, 0.29) is 31.5 Å². The summed E-state index contributed by atoms with van der Waals surface area (Å²) in [6, 6.07) is 11.2. The number of hydrogen-bond donors (Lipinski definition) is 2. The summed E-state index contributed by atoms with van der Waals surface area (Å²) in [5.74, 6) is -0.332. The molecule has 0 saturated carbocycles. The first-order valence-corrected chi connectivity index (χ1v) is 8.83. The number of phenolic OH excluding ortho intramolecular Hbond substituents is 2. The molecule has 0 spiro atoms. The van der Waals surface area contributed by atoms with Crippen LogP contribution in [-0.2, 0) is 0 Å². The van der Waals surface area contributed by atoms with Crippen LogP contribution in [0.5, 0.6) is 11.5 Å². The summed E-state index contributed by atoms with van der Waals surface area (Å²) >= 11 is 3.73. The predicted molar refractivity (Wildman–Crippen MR) is 106 cm³/mol. The van der Waals surface area contributed by atoms with Gasteiger partial charge < -0.3 is 14.6 Å². The zero-order chi connectivity index (χ0) is 16.3. The predicted octanol–water partition coefficient (Wildman–Crippen LogP) is 4.72. The van der Waals surface area contributed by atoms with Crippen LogP contribution in [0.25, 0.3) is 32.7 Å². The van der Waals surface area contributed by atoms with E-state index < -0.39 is 0 Å². The molecule has 114 valence electrons. The second kappa shape index (κ2) is 5.23. The monoisotopic (exact) mass is 530 g/mol. The second-order valence-corrected chi connectivity index (χ2v) is 7.28. The van der Waals surface area contributed by atoms with Crippen LogP contribution in [0.1, 0.15) is 0 Å². The lowest BCUT2D eigenvalue weighted by molar-refractivity contribution is 0.443. The van der Waals surface area contributed by atoms with E-state index in [9.17, 15) is 15.0 Å². The molecule has 4 aromatic rings. The van der Waals surface area contributed by atoms with Crippen molar-refractivity contribution < 1.29 is 14.6 Å². The van der Waals surface area contributed by atoms with Crippen molar-refractivity contribution in [2.24, 2.45) is 0 Å². The average molecular weight is 530 g/mol. The molecule has 0 unspecified atom stereocenters. The molecule has 0 radical (unpaired) electrons. The molecule has 0 bridgehead atoms. The van der Waals surface area contributed by atoms with Gasteiger partial charge in [-0.2, -0.15) is 0 Å². The minimum absolute atomic E-state index is 0.0843. The Labute approximate surface area is 157 Å². The minimum atomic E-state index is -0.305. The van der Waals surface area contributed by atoms with E-state index in [0.717, 1.165) is 10.8 Å². The standard InChI is InChI=1S/C17H8I2O4/c18-11-14(21)10-13(20)9-6-5-7-3-1-2-4-8(7)16(9)23-17(10)12(19)15(11)22/h1-6,21-22H. The van der Waals surface area contributed by atoms with Crippen LogP contribution in [0.3, 0.4) is 0 Å². The Hall–Kier alpha value is -1.55. The summed E-state index contributed by atoms with van der Waals surface area (Å²) in [5, 5.41) is 22.7. The van der Waals surface area contributed by atoms with Gasteiger partial charge in [-0.25, -0.2) is 0 Å². The summed E-state index contributed by atoms with van der Waals surface area (Å²) < 4.78 is 6.61. The molecule has 0 atom stereocenters. The van der Waals surface area contributed by atoms with Gasteiger partial charge in [-0.15, -0.1) is 0 Å². The molecular weight excluding hydrogens is 522 g/mol. The molecule has 1 heterocycles. The summed E-state index contributed by atoms with van der Waals surface area (Å²) in [7, 11) is 0. The van der Waals surface area contributed by atoms with E-state index in [1.807, 2.05) is 75.5 Å². The van der Waals surface area contributed by atoms with Crippen molar-refractivity contribution in [2.45, 2.75) is 0 Å². The zero-order valence-corrected chi connectivity index (χ0v) is 15.7. The lowest BCUT2D eigenvalue weighted by Gasteiger charge is -2.10. The molecule has 23 heavy (non-hydrogen) atoms. The Morgan fingerprint density at radius 3 is 2.35 bits per heavy atom. The highest BCUT2D eigenvalue weighted by atomic mass is 127. The topological polar surface area (TPSA) is 70.7 Å². The Morgan fingerprint density at radius 2 is 1.57 bits per heavy atom. The van der Waals surface area contributed by atoms with Gasteiger partial charge in [0.25, 0.3) is 0 Å². The van der Waals surface area contributed by atoms with Crippen molar-refractivity contribution in [3.05, 3.63) is 53.8 Å². The molecular formula is C17H8I2O4. The van der Waals surface area contributed by atoms with Crippen molar-refractivity contribution in [3.63, 3.8) is 0 Å². The molecule has 2 N–H and O–H groups in total. The van der Waals surface area contributed by atoms with Crippen molar-refractivity contribution in [1.82, 2.24) is 0 Å². The van der Waals surface area contributed by atoms with Crippen LogP contribution in [0.4, 0.5) is 0 Å². The van der Waals surface area contributed by atoms with E-state index in [2.05, 4.69) is 0 Å². The number of fused-ring (bicyclic) bond motifs is 4. The second-order valence-electron chi connectivity index (χ2n) is 5.12. The maximum atomic E-state index is 12.9. The molecule has 0 fully saturated rings. The lowest BCUT2D eigenvalue weighted by atomic mass is 10.1. The van der Waals surface area contributed by atoms with Crippen LogP contribution < -0.4 is 5.43 Å². The summed E-state index contributed by atoms with van der Waals surface area (Å²) in [6.07, 6.45) is 0. The molecule has 4 rings (SSSR count). The van der Waals surface area contributed by atoms with Gasteiger partial charge in [-0.3, -0.25) is 4.79 Å². The number of phenols is 2. The van der Waals surface area contributed by atoms with Gasteiger partial charge in [0.2, 0.25) is 5.43 Å². The van der Waals surface area contributed by atoms with Crippen LogP contribution in [0.2, 0.25) is 0 Å². The number of rotatable bonds is 0. The Kier molecular flexibility index (Phi) is 3.41. The minimum Gasteiger partial charge on any atom is -0.506 e. The van der Waals surface area contributed by atoms with Crippen molar-refractivity contribution in [2.75, 3.05) is 0 Å².